The van der Waals surface area contributed by atoms with E-state index >= 15 is 0 Å². The fraction of sp³-hybridized carbons (Fsp3) is 0.154. The number of nitrogens with one attached hydrogen (secondary N) is 2. The van der Waals surface area contributed by atoms with Crippen molar-refractivity contribution >= 4 is 23.6 Å². The van der Waals surface area contributed by atoms with E-state index in [1.165, 1.54) is 0 Å². The summed E-state index contributed by atoms with van der Waals surface area (Å²) in [6.07, 6.45) is 1.61. The number of hydrogen-bond acceptors (Lipinski definition) is 6. The van der Waals surface area contributed by atoms with E-state index in [0.717, 1.165) is 5.56 Å². The highest BCUT2D eigenvalue weighted by Crippen LogP contribution is 2.33. The molecule has 3 aromatic rings. The average molecular weight is 460 g/mol. The summed E-state index contributed by atoms with van der Waals surface area (Å²) in [6, 6.07) is 17.5. The maximum absolute atomic E-state index is 12.7. The quantitative estimate of drug-likeness (QED) is 0.518. The second kappa shape index (κ2) is 9.99. The number of methoxy groups -OCH3 is 3. The predicted molar refractivity (Wildman–Crippen MR) is 127 cm³/mol. The maximum atomic E-state index is 12.7. The molecular weight excluding hydrogens is 436 g/mol. The number of rotatable bonds is 7. The molecule has 1 aliphatic rings. The van der Waals surface area contributed by atoms with Gasteiger partial charge in [-0.05, 0) is 42.5 Å². The Hall–Kier alpha value is -4.46. The van der Waals surface area contributed by atoms with E-state index in [1.807, 2.05) is 24.3 Å². The Bertz CT molecular complexity index is 1270. The van der Waals surface area contributed by atoms with Crippen molar-refractivity contribution in [1.82, 2.24) is 5.32 Å². The summed E-state index contributed by atoms with van der Waals surface area (Å²) in [5.74, 6) is 1.74. The predicted octanol–water partition coefficient (Wildman–Crippen LogP) is 4.01. The van der Waals surface area contributed by atoms with Crippen LogP contribution < -0.4 is 29.6 Å². The highest BCUT2D eigenvalue weighted by Gasteiger charge is 2.23. The van der Waals surface area contributed by atoms with Crippen LogP contribution in [0.1, 0.15) is 21.5 Å². The third-order valence-corrected chi connectivity index (χ3v) is 5.29. The molecule has 0 unspecified atom stereocenters. The lowest BCUT2D eigenvalue weighted by molar-refractivity contribution is -0.115. The zero-order chi connectivity index (χ0) is 24.1. The van der Waals surface area contributed by atoms with Gasteiger partial charge in [0.15, 0.2) is 11.5 Å². The molecule has 0 atom stereocenters. The van der Waals surface area contributed by atoms with Gasteiger partial charge in [-0.3, -0.25) is 9.59 Å². The lowest BCUT2D eigenvalue weighted by atomic mass is 10.1. The summed E-state index contributed by atoms with van der Waals surface area (Å²) in [7, 11) is 4.70. The molecule has 174 valence electrons. The molecule has 34 heavy (non-hydrogen) atoms. The van der Waals surface area contributed by atoms with Gasteiger partial charge in [-0.25, -0.2) is 0 Å². The van der Waals surface area contributed by atoms with Gasteiger partial charge in [0.2, 0.25) is 0 Å². The van der Waals surface area contributed by atoms with Gasteiger partial charge in [0, 0.05) is 29.3 Å². The fourth-order valence-corrected chi connectivity index (χ4v) is 3.50. The average Bonchev–Trinajstić information content (AvgIpc) is 2.87. The molecule has 8 heteroatoms. The first-order valence-electron chi connectivity index (χ1n) is 10.5. The standard InChI is InChI=1S/C26H24N2O6/c1-31-19-10-8-18(23(14-19)33-3)15-27-25(29)17-9-11-22-20(12-17)28-26(30)24(34-22)13-16-6-4-5-7-21(16)32-2/h4-14H,15H2,1-3H3,(H,27,29)(H,28,30)/b24-13-. The molecule has 1 aliphatic heterocycles. The topological polar surface area (TPSA) is 95.1 Å². The summed E-state index contributed by atoms with van der Waals surface area (Å²) in [5.41, 5.74) is 2.31. The highest BCUT2D eigenvalue weighted by molar-refractivity contribution is 6.09. The third kappa shape index (κ3) is 4.80. The third-order valence-electron chi connectivity index (χ3n) is 5.29. The van der Waals surface area contributed by atoms with Crippen LogP contribution in [-0.2, 0) is 11.3 Å². The molecule has 0 spiro atoms. The van der Waals surface area contributed by atoms with Gasteiger partial charge in [-0.2, -0.15) is 0 Å². The molecule has 0 aromatic heterocycles. The van der Waals surface area contributed by atoms with Crippen molar-refractivity contribution in [1.29, 1.82) is 0 Å². The second-order valence-corrected chi connectivity index (χ2v) is 7.38. The first-order chi connectivity index (χ1) is 16.5. The van der Waals surface area contributed by atoms with Crippen LogP contribution in [0.5, 0.6) is 23.0 Å². The molecular formula is C26H24N2O6. The zero-order valence-electron chi connectivity index (χ0n) is 19.0. The molecule has 0 radical (unpaired) electrons. The Morgan fingerprint density at radius 1 is 0.971 bits per heavy atom. The summed E-state index contributed by atoms with van der Waals surface area (Å²) in [5, 5.41) is 5.64. The normalized spacial score (nSPS) is 13.4. The van der Waals surface area contributed by atoms with Crippen LogP contribution in [0.15, 0.2) is 66.4 Å². The van der Waals surface area contributed by atoms with E-state index < -0.39 is 5.91 Å². The zero-order valence-corrected chi connectivity index (χ0v) is 19.0. The van der Waals surface area contributed by atoms with E-state index in [-0.39, 0.29) is 18.2 Å². The number of ether oxygens (including phenoxy) is 4. The second-order valence-electron chi connectivity index (χ2n) is 7.38. The molecule has 0 bridgehead atoms. The van der Waals surface area contributed by atoms with Crippen LogP contribution in [0.2, 0.25) is 0 Å². The summed E-state index contributed by atoms with van der Waals surface area (Å²) < 4.78 is 21.7. The van der Waals surface area contributed by atoms with Gasteiger partial charge in [0.05, 0.1) is 27.0 Å². The number of carbonyl (C=O) groups is 2. The van der Waals surface area contributed by atoms with Crippen molar-refractivity contribution in [2.45, 2.75) is 6.54 Å². The van der Waals surface area contributed by atoms with E-state index in [1.54, 1.807) is 63.8 Å². The number of carbonyl (C=O) groups excluding carboxylic acids is 2. The van der Waals surface area contributed by atoms with Gasteiger partial charge in [0.1, 0.15) is 17.2 Å². The number of hydrogen-bond donors (Lipinski definition) is 2. The van der Waals surface area contributed by atoms with Gasteiger partial charge in [-0.15, -0.1) is 0 Å². The van der Waals surface area contributed by atoms with Gasteiger partial charge in [-0.1, -0.05) is 18.2 Å². The number of benzene rings is 3. The SMILES string of the molecule is COc1ccc(CNC(=O)c2ccc3c(c2)NC(=O)/C(=C/c2ccccc2OC)O3)c(OC)c1. The van der Waals surface area contributed by atoms with Crippen LogP contribution >= 0.6 is 0 Å². The van der Waals surface area contributed by atoms with Gasteiger partial charge < -0.3 is 29.6 Å². The van der Waals surface area contributed by atoms with Crippen molar-refractivity contribution in [3.63, 3.8) is 0 Å². The summed E-state index contributed by atoms with van der Waals surface area (Å²) in [4.78, 5) is 25.3. The summed E-state index contributed by atoms with van der Waals surface area (Å²) >= 11 is 0. The molecule has 3 aromatic carbocycles. The van der Waals surface area contributed by atoms with Crippen LogP contribution in [0, 0.1) is 0 Å². The molecule has 0 aliphatic carbocycles. The van der Waals surface area contributed by atoms with E-state index in [9.17, 15) is 9.59 Å². The Balaban J connectivity index is 1.48. The monoisotopic (exact) mass is 460 g/mol. The minimum atomic E-state index is -0.418. The molecule has 8 nitrogen and oxygen atoms in total. The number of anilines is 1. The van der Waals surface area contributed by atoms with E-state index in [2.05, 4.69) is 10.6 Å². The van der Waals surface area contributed by atoms with E-state index in [4.69, 9.17) is 18.9 Å². The lowest BCUT2D eigenvalue weighted by Crippen LogP contribution is -2.26. The van der Waals surface area contributed by atoms with Crippen molar-refractivity contribution in [3.8, 4) is 23.0 Å². The molecule has 2 amide bonds. The van der Waals surface area contributed by atoms with Crippen molar-refractivity contribution < 1.29 is 28.5 Å². The first-order valence-corrected chi connectivity index (χ1v) is 10.5. The minimum Gasteiger partial charge on any atom is -0.497 e. The van der Waals surface area contributed by atoms with Crippen LogP contribution in [0.25, 0.3) is 6.08 Å². The molecule has 0 fully saturated rings. The minimum absolute atomic E-state index is 0.126. The highest BCUT2D eigenvalue weighted by atomic mass is 16.5. The number of fused-ring (bicyclic) bond motifs is 1. The lowest BCUT2D eigenvalue weighted by Gasteiger charge is -2.21. The largest absolute Gasteiger partial charge is 0.497 e. The molecule has 4 rings (SSSR count). The van der Waals surface area contributed by atoms with Gasteiger partial charge in [0.25, 0.3) is 11.8 Å². The molecule has 1 heterocycles. The molecule has 0 saturated heterocycles. The first kappa shape index (κ1) is 22.7. The Labute approximate surface area is 197 Å². The fourth-order valence-electron chi connectivity index (χ4n) is 3.50. The molecule has 2 N–H and O–H groups in total. The van der Waals surface area contributed by atoms with Gasteiger partial charge >= 0.3 is 0 Å². The Kier molecular flexibility index (Phi) is 6.68. The van der Waals surface area contributed by atoms with Crippen molar-refractivity contribution in [3.05, 3.63) is 83.1 Å². The Morgan fingerprint density at radius 3 is 2.53 bits per heavy atom. The molecule has 0 saturated carbocycles. The van der Waals surface area contributed by atoms with Crippen LogP contribution in [0.3, 0.4) is 0 Å². The Morgan fingerprint density at radius 2 is 1.76 bits per heavy atom. The van der Waals surface area contributed by atoms with Crippen LogP contribution in [-0.4, -0.2) is 33.1 Å². The number of amides is 2. The summed E-state index contributed by atoms with van der Waals surface area (Å²) in [6.45, 7) is 0.262. The smallest absolute Gasteiger partial charge is 0.291 e. The number of para-hydroxylation sites is 1. The van der Waals surface area contributed by atoms with E-state index in [0.29, 0.717) is 39.8 Å². The maximum Gasteiger partial charge on any atom is 0.291 e. The van der Waals surface area contributed by atoms with Crippen LogP contribution in [0.4, 0.5) is 5.69 Å². The van der Waals surface area contributed by atoms with Crippen molar-refractivity contribution in [2.75, 3.05) is 26.6 Å². The van der Waals surface area contributed by atoms with Crippen molar-refractivity contribution in [2.24, 2.45) is 0 Å².